The van der Waals surface area contributed by atoms with Crippen molar-refractivity contribution in [2.75, 3.05) is 5.73 Å². The van der Waals surface area contributed by atoms with Crippen molar-refractivity contribution in [3.05, 3.63) is 27.6 Å². The molecule has 0 unspecified atom stereocenters. The molecule has 0 aliphatic carbocycles. The number of nitrogens with two attached hydrogens (primary N) is 1. The topological polar surface area (TPSA) is 77.7 Å². The van der Waals surface area contributed by atoms with Crippen LogP contribution in [0.25, 0.3) is 11.0 Å². The Kier molecular flexibility index (Phi) is 1.77. The minimum absolute atomic E-state index is 0.102. The third-order valence-electron chi connectivity index (χ3n) is 1.61. The van der Waals surface area contributed by atoms with Gasteiger partial charge in [-0.25, -0.2) is 4.98 Å². The predicted octanol–water partition coefficient (Wildman–Crippen LogP) is 0.822. The molecule has 3 N–H and O–H groups in total. The molecule has 0 atom stereocenters. The van der Waals surface area contributed by atoms with E-state index >= 15 is 0 Å². The minimum Gasteiger partial charge on any atom is -0.365 e. The van der Waals surface area contributed by atoms with Crippen molar-refractivity contribution < 1.29 is 4.54 Å². The third kappa shape index (κ3) is 1.40. The van der Waals surface area contributed by atoms with Crippen LogP contribution in [-0.2, 0) is 0 Å². The maximum absolute atomic E-state index is 11.3. The van der Waals surface area contributed by atoms with Gasteiger partial charge in [-0.1, -0.05) is 21.0 Å². The number of benzene rings is 1. The molecule has 1 heterocycles. The second-order valence-electron chi connectivity index (χ2n) is 2.54. The molecule has 5 nitrogen and oxygen atoms in total. The summed E-state index contributed by atoms with van der Waals surface area (Å²) >= 11 is 3.26. The number of aromatic amines is 1. The maximum Gasteiger partial charge on any atom is 0.319 e. The molecule has 0 bridgehead atoms. The summed E-state index contributed by atoms with van der Waals surface area (Å²) in [5.74, 6) is 0.102. The van der Waals surface area contributed by atoms with E-state index < -0.39 is 0 Å². The van der Waals surface area contributed by atoms with Gasteiger partial charge in [-0.3, -0.25) is 0 Å². The second-order valence-corrected chi connectivity index (χ2v) is 3.45. The fourth-order valence-electron chi connectivity index (χ4n) is 1.07. The summed E-state index contributed by atoms with van der Waals surface area (Å²) in [4.78, 5) is 15.2. The number of hydrogen-bond acceptors (Lipinski definition) is 3. The molecule has 2 aromatic rings. The Balaban J connectivity index is 2.95. The Bertz CT molecular complexity index is 521. The molecule has 2 rings (SSSR count). The minimum atomic E-state index is 0.102. The molecule has 13 heavy (non-hydrogen) atoms. The summed E-state index contributed by atoms with van der Waals surface area (Å²) in [6.45, 7) is 0. The van der Waals surface area contributed by atoms with E-state index in [1.807, 2.05) is 0 Å². The maximum atomic E-state index is 11.3. The molecular formula is C7H6BrN4O+. The zero-order valence-electron chi connectivity index (χ0n) is 6.49. The van der Waals surface area contributed by atoms with E-state index in [2.05, 4.69) is 26.0 Å². The van der Waals surface area contributed by atoms with E-state index in [1.54, 1.807) is 18.2 Å². The number of fused-ring (bicyclic) bond motifs is 1. The lowest BCUT2D eigenvalue weighted by atomic mass is 10.3. The van der Waals surface area contributed by atoms with Crippen molar-refractivity contribution in [1.29, 1.82) is 0 Å². The van der Waals surface area contributed by atoms with E-state index in [0.717, 1.165) is 4.47 Å². The largest absolute Gasteiger partial charge is 0.365 e. The Hall–Kier alpha value is -1.43. The van der Waals surface area contributed by atoms with Crippen LogP contribution in [-0.4, -0.2) is 10.1 Å². The number of H-pyrrole nitrogens is 1. The van der Waals surface area contributed by atoms with Crippen LogP contribution in [0.3, 0.4) is 0 Å². The van der Waals surface area contributed by atoms with Crippen molar-refractivity contribution >= 4 is 32.9 Å². The van der Waals surface area contributed by atoms with E-state index in [0.29, 0.717) is 15.6 Å². The number of nitrogens with one attached hydrogen (secondary N) is 1. The first-order valence-corrected chi connectivity index (χ1v) is 4.34. The summed E-state index contributed by atoms with van der Waals surface area (Å²) in [6, 6.07) is 5.19. The van der Waals surface area contributed by atoms with Crippen molar-refractivity contribution in [3.63, 3.8) is 0 Å². The molecule has 0 fully saturated rings. The van der Waals surface area contributed by atoms with Crippen molar-refractivity contribution in [2.24, 2.45) is 0 Å². The van der Waals surface area contributed by atoms with Gasteiger partial charge in [0.2, 0.25) is 0 Å². The predicted molar refractivity (Wildman–Crippen MR) is 51.6 cm³/mol. The van der Waals surface area contributed by atoms with Gasteiger partial charge in [-0.05, 0) is 12.1 Å². The average Bonchev–Trinajstić information content (AvgIpc) is 2.06. The van der Waals surface area contributed by atoms with Gasteiger partial charge in [-0.15, -0.1) is 0 Å². The van der Waals surface area contributed by atoms with E-state index in [9.17, 15) is 4.91 Å². The summed E-state index contributed by atoms with van der Waals surface area (Å²) < 4.78 is 1.41. The standard InChI is InChI=1S/C7H6BrN4O/c8-4-1-2-5-6(3-4)12(13)11-7(9)10-5/h1-3H,(H3,9,10,11,13)/q+1. The number of nitrogens with zero attached hydrogens (tertiary/aromatic N) is 2. The van der Waals surface area contributed by atoms with Gasteiger partial charge in [0.05, 0.1) is 4.91 Å². The van der Waals surface area contributed by atoms with Crippen LogP contribution < -0.4 is 10.3 Å². The second kappa shape index (κ2) is 2.81. The molecular weight excluding hydrogens is 236 g/mol. The number of halogens is 1. The number of rotatable bonds is 0. The summed E-state index contributed by atoms with van der Waals surface area (Å²) in [5, 5.41) is 2.35. The van der Waals surface area contributed by atoms with Crippen LogP contribution in [0.4, 0.5) is 5.95 Å². The lowest BCUT2D eigenvalue weighted by Gasteiger charge is -1.91. The van der Waals surface area contributed by atoms with Crippen LogP contribution >= 0.6 is 15.9 Å². The molecule has 1 aromatic heterocycles. The Morgan fingerprint density at radius 3 is 3.08 bits per heavy atom. The Morgan fingerprint density at radius 1 is 1.54 bits per heavy atom. The van der Waals surface area contributed by atoms with E-state index in [1.165, 1.54) is 0 Å². The summed E-state index contributed by atoms with van der Waals surface area (Å²) in [7, 11) is 0. The molecule has 0 amide bonds. The zero-order chi connectivity index (χ0) is 9.42. The number of hydrogen-bond donors (Lipinski definition) is 2. The fraction of sp³-hybridized carbons (Fsp3) is 0. The highest BCUT2D eigenvalue weighted by Gasteiger charge is 2.09. The first-order valence-electron chi connectivity index (χ1n) is 3.54. The normalized spacial score (nSPS) is 10.5. The van der Waals surface area contributed by atoms with Crippen LogP contribution in [0.1, 0.15) is 0 Å². The Labute approximate surface area is 81.3 Å². The quantitative estimate of drug-likeness (QED) is 0.671. The number of nitrogen functional groups attached to an aromatic ring is 1. The van der Waals surface area contributed by atoms with Crippen LogP contribution in [0, 0.1) is 4.91 Å². The SMILES string of the molecule is Nc1nc2ccc(Br)cc2[n+](=O)[nH]1. The smallest absolute Gasteiger partial charge is 0.319 e. The lowest BCUT2D eigenvalue weighted by Crippen LogP contribution is -2.22. The van der Waals surface area contributed by atoms with Crippen LogP contribution in [0.2, 0.25) is 0 Å². The fourth-order valence-corrected chi connectivity index (χ4v) is 1.42. The molecule has 1 aromatic carbocycles. The molecule has 0 spiro atoms. The molecule has 0 saturated carbocycles. The molecule has 6 heteroatoms. The average molecular weight is 242 g/mol. The van der Waals surface area contributed by atoms with Gasteiger partial charge in [0.15, 0.2) is 4.54 Å². The monoisotopic (exact) mass is 241 g/mol. The Morgan fingerprint density at radius 2 is 2.31 bits per heavy atom. The number of anilines is 1. The van der Waals surface area contributed by atoms with Gasteiger partial charge < -0.3 is 5.73 Å². The highest BCUT2D eigenvalue weighted by molar-refractivity contribution is 9.10. The van der Waals surface area contributed by atoms with Gasteiger partial charge in [-0.2, -0.15) is 0 Å². The van der Waals surface area contributed by atoms with Crippen molar-refractivity contribution in [3.8, 4) is 0 Å². The van der Waals surface area contributed by atoms with E-state index in [4.69, 9.17) is 5.73 Å². The molecule has 0 saturated heterocycles. The molecule has 0 radical (unpaired) electrons. The summed E-state index contributed by atoms with van der Waals surface area (Å²) in [6.07, 6.45) is 0. The molecule has 66 valence electrons. The third-order valence-corrected chi connectivity index (χ3v) is 2.11. The van der Waals surface area contributed by atoms with Crippen molar-refractivity contribution in [1.82, 2.24) is 10.1 Å². The first kappa shape index (κ1) is 8.18. The van der Waals surface area contributed by atoms with Crippen LogP contribution in [0.5, 0.6) is 0 Å². The number of aromatic nitrogens is 3. The van der Waals surface area contributed by atoms with Gasteiger partial charge >= 0.3 is 5.52 Å². The first-order chi connectivity index (χ1) is 6.16. The highest BCUT2D eigenvalue weighted by atomic mass is 79.9. The van der Waals surface area contributed by atoms with Gasteiger partial charge in [0.25, 0.3) is 5.95 Å². The van der Waals surface area contributed by atoms with Crippen molar-refractivity contribution in [2.45, 2.75) is 0 Å². The van der Waals surface area contributed by atoms with Gasteiger partial charge in [0, 0.05) is 10.5 Å². The molecule has 0 aliphatic heterocycles. The lowest BCUT2D eigenvalue weighted by molar-refractivity contribution is -0.535. The van der Waals surface area contributed by atoms with E-state index in [-0.39, 0.29) is 5.95 Å². The van der Waals surface area contributed by atoms with Gasteiger partial charge in [0.1, 0.15) is 5.52 Å². The zero-order valence-corrected chi connectivity index (χ0v) is 8.08. The highest BCUT2D eigenvalue weighted by Crippen LogP contribution is 2.14. The van der Waals surface area contributed by atoms with Crippen LogP contribution in [0.15, 0.2) is 22.7 Å². The molecule has 0 aliphatic rings. The summed E-state index contributed by atoms with van der Waals surface area (Å²) in [5.41, 5.74) is 6.38.